The highest BCUT2D eigenvalue weighted by atomic mass is 15.0. The Morgan fingerprint density at radius 2 is 0.964 bits per heavy atom. The van der Waals surface area contributed by atoms with Crippen molar-refractivity contribution < 1.29 is 0 Å². The summed E-state index contributed by atoms with van der Waals surface area (Å²) < 4.78 is 6.80. The Kier molecular flexibility index (Phi) is 6.58. The highest BCUT2D eigenvalue weighted by Gasteiger charge is 2.20. The minimum atomic E-state index is 0.563. The van der Waals surface area contributed by atoms with E-state index < -0.39 is 0 Å². The summed E-state index contributed by atoms with van der Waals surface area (Å²) in [5.74, 6) is 0. The number of rotatable bonds is 4. The molecule has 0 aliphatic rings. The predicted molar refractivity (Wildman–Crippen MR) is 222 cm³/mol. The van der Waals surface area contributed by atoms with E-state index in [1.54, 1.807) is 0 Å². The van der Waals surface area contributed by atoms with Gasteiger partial charge in [0, 0.05) is 55.6 Å². The summed E-state index contributed by atoms with van der Waals surface area (Å²) in [7, 11) is 0. The van der Waals surface area contributed by atoms with Gasteiger partial charge in [0.1, 0.15) is 5.65 Å². The van der Waals surface area contributed by atoms with E-state index in [1.165, 1.54) is 10.8 Å². The molecule has 254 valence electrons. The van der Waals surface area contributed by atoms with Gasteiger partial charge in [0.15, 0.2) is 0 Å². The van der Waals surface area contributed by atoms with Crippen LogP contribution in [0.3, 0.4) is 0 Å². The molecular weight excluding hydrogens is 673 g/mol. The smallest absolute Gasteiger partial charge is 0.145 e. The molecule has 0 amide bonds. The molecule has 0 radical (unpaired) electrons. The van der Waals surface area contributed by atoms with Gasteiger partial charge in [-0.1, -0.05) is 66.7 Å². The number of hydrogen-bond acceptors (Lipinski definition) is 3. The minimum absolute atomic E-state index is 0.563. The molecule has 7 aromatic carbocycles. The van der Waals surface area contributed by atoms with Crippen molar-refractivity contribution in [1.82, 2.24) is 18.7 Å². The average molecular weight is 701 g/mol. The molecule has 0 saturated heterocycles. The average Bonchev–Trinajstić information content (AvgIpc) is 3.88. The number of hydrogen-bond donors (Lipinski definition) is 0. The number of nitriles is 2. The maximum Gasteiger partial charge on any atom is 0.145 e. The van der Waals surface area contributed by atoms with E-state index in [1.807, 2.05) is 54.7 Å². The first-order valence-electron chi connectivity index (χ1n) is 18.2. The van der Waals surface area contributed by atoms with Crippen molar-refractivity contribution in [1.29, 1.82) is 10.5 Å². The van der Waals surface area contributed by atoms with Crippen molar-refractivity contribution in [2.75, 3.05) is 0 Å². The quantitative estimate of drug-likeness (QED) is 0.183. The first-order chi connectivity index (χ1) is 27.2. The van der Waals surface area contributed by atoms with Gasteiger partial charge in [0.2, 0.25) is 0 Å². The number of para-hydroxylation sites is 3. The van der Waals surface area contributed by atoms with Gasteiger partial charge < -0.3 is 9.13 Å². The van der Waals surface area contributed by atoms with Crippen molar-refractivity contribution in [2.24, 2.45) is 0 Å². The Morgan fingerprint density at radius 3 is 1.73 bits per heavy atom. The molecule has 4 heterocycles. The molecule has 0 atom stereocenters. The monoisotopic (exact) mass is 700 g/mol. The van der Waals surface area contributed by atoms with Gasteiger partial charge in [-0.25, -0.2) is 4.98 Å². The Balaban J connectivity index is 1.13. The Labute approximate surface area is 315 Å². The van der Waals surface area contributed by atoms with Crippen LogP contribution in [0, 0.1) is 22.7 Å². The molecule has 6 heteroatoms. The SMILES string of the molecule is N#Cc1cc(-c2cccc(-n3c4cc5c6ccccc6n(-c6ccccc6)c5cc4c4cccnc43)c2)cc(-n2c3ccccc3c3cc(C#N)ccc32)c1. The molecule has 0 fully saturated rings. The molecule has 11 aromatic rings. The molecule has 0 saturated carbocycles. The Morgan fingerprint density at radius 1 is 0.364 bits per heavy atom. The third-order valence-electron chi connectivity index (χ3n) is 10.9. The third-order valence-corrected chi connectivity index (χ3v) is 10.9. The Hall–Kier alpha value is -7.93. The first-order valence-corrected chi connectivity index (χ1v) is 18.2. The van der Waals surface area contributed by atoms with Crippen LogP contribution >= 0.6 is 0 Å². The van der Waals surface area contributed by atoms with Crippen LogP contribution in [0.1, 0.15) is 11.1 Å². The van der Waals surface area contributed by atoms with Crippen LogP contribution < -0.4 is 0 Å². The first kappa shape index (κ1) is 30.7. The van der Waals surface area contributed by atoms with Crippen molar-refractivity contribution in [3.05, 3.63) is 181 Å². The van der Waals surface area contributed by atoms with Crippen LogP contribution in [0.15, 0.2) is 170 Å². The molecule has 6 nitrogen and oxygen atoms in total. The summed E-state index contributed by atoms with van der Waals surface area (Å²) in [5.41, 5.74) is 12.3. The summed E-state index contributed by atoms with van der Waals surface area (Å²) in [5, 5.41) is 26.6. The second-order valence-corrected chi connectivity index (χ2v) is 13.9. The normalized spacial score (nSPS) is 11.6. The maximum atomic E-state index is 10.3. The third kappa shape index (κ3) is 4.56. The van der Waals surface area contributed by atoms with Gasteiger partial charge in [-0.3, -0.25) is 4.57 Å². The minimum Gasteiger partial charge on any atom is -0.309 e. The van der Waals surface area contributed by atoms with Gasteiger partial charge in [-0.2, -0.15) is 10.5 Å². The van der Waals surface area contributed by atoms with Crippen LogP contribution in [-0.4, -0.2) is 18.7 Å². The van der Waals surface area contributed by atoms with Crippen molar-refractivity contribution in [2.45, 2.75) is 0 Å². The summed E-state index contributed by atoms with van der Waals surface area (Å²) >= 11 is 0. The summed E-state index contributed by atoms with van der Waals surface area (Å²) in [6, 6.07) is 61.2. The highest BCUT2D eigenvalue weighted by Crippen LogP contribution is 2.40. The second kappa shape index (κ2) is 11.8. The number of nitrogens with zero attached hydrogens (tertiary/aromatic N) is 6. The van der Waals surface area contributed by atoms with Crippen LogP contribution in [0.25, 0.3) is 93.7 Å². The van der Waals surface area contributed by atoms with E-state index in [2.05, 4.69) is 141 Å². The van der Waals surface area contributed by atoms with E-state index >= 15 is 0 Å². The molecule has 0 unspecified atom stereocenters. The van der Waals surface area contributed by atoms with E-state index in [-0.39, 0.29) is 0 Å². The molecule has 4 aromatic heterocycles. The summed E-state index contributed by atoms with van der Waals surface area (Å²) in [4.78, 5) is 4.95. The molecule has 0 aliphatic carbocycles. The van der Waals surface area contributed by atoms with Gasteiger partial charge in [0.25, 0.3) is 0 Å². The van der Waals surface area contributed by atoms with Gasteiger partial charge in [-0.05, 0) is 108 Å². The lowest BCUT2D eigenvalue weighted by Crippen LogP contribution is -1.98. The molecular formula is C49H28N6. The molecule has 0 aliphatic heterocycles. The topological polar surface area (TPSA) is 75.3 Å². The zero-order chi connectivity index (χ0) is 36.6. The van der Waals surface area contributed by atoms with Crippen LogP contribution in [0.5, 0.6) is 0 Å². The summed E-state index contributed by atoms with van der Waals surface area (Å²) in [6.45, 7) is 0. The van der Waals surface area contributed by atoms with Crippen LogP contribution in [0.2, 0.25) is 0 Å². The Bertz CT molecular complexity index is 3460. The van der Waals surface area contributed by atoms with Crippen LogP contribution in [-0.2, 0) is 0 Å². The van der Waals surface area contributed by atoms with Crippen molar-refractivity contribution >= 4 is 65.5 Å². The van der Waals surface area contributed by atoms with Gasteiger partial charge >= 0.3 is 0 Å². The highest BCUT2D eigenvalue weighted by molar-refractivity contribution is 6.18. The lowest BCUT2D eigenvalue weighted by molar-refractivity contribution is 1.14. The van der Waals surface area contributed by atoms with E-state index in [0.29, 0.717) is 11.1 Å². The van der Waals surface area contributed by atoms with Crippen molar-refractivity contribution in [3.8, 4) is 40.3 Å². The molecule has 0 spiro atoms. The number of benzene rings is 7. The predicted octanol–water partition coefficient (Wildman–Crippen LogP) is 11.8. The molecule has 11 rings (SSSR count). The fourth-order valence-corrected chi connectivity index (χ4v) is 8.54. The van der Waals surface area contributed by atoms with E-state index in [4.69, 9.17) is 4.98 Å². The standard InChI is InChI=1S/C49H28N6/c50-29-31-19-20-46-41(24-31)38-14-4-7-18-45(38)54(46)37-23-32(30-51)22-34(26-37)33-10-8-13-36(25-33)55-48-27-42-39-15-5-6-17-44(39)53(35-11-2-1-3-12-35)47(42)28-43(48)40-16-9-21-52-49(40)55/h1-28H. The molecule has 0 N–H and O–H groups in total. The van der Waals surface area contributed by atoms with Crippen molar-refractivity contribution in [3.63, 3.8) is 0 Å². The molecule has 0 bridgehead atoms. The fraction of sp³-hybridized carbons (Fsp3) is 0. The van der Waals surface area contributed by atoms with Gasteiger partial charge in [-0.15, -0.1) is 0 Å². The number of pyridine rings is 1. The maximum absolute atomic E-state index is 10.3. The lowest BCUT2D eigenvalue weighted by Gasteiger charge is -2.13. The zero-order valence-electron chi connectivity index (χ0n) is 29.3. The lowest BCUT2D eigenvalue weighted by atomic mass is 10.0. The molecule has 55 heavy (non-hydrogen) atoms. The summed E-state index contributed by atoms with van der Waals surface area (Å²) in [6.07, 6.45) is 1.86. The van der Waals surface area contributed by atoms with E-state index in [9.17, 15) is 10.5 Å². The number of aromatic nitrogens is 4. The van der Waals surface area contributed by atoms with Gasteiger partial charge in [0.05, 0.1) is 50.8 Å². The zero-order valence-corrected chi connectivity index (χ0v) is 29.3. The number of fused-ring (bicyclic) bond motifs is 9. The van der Waals surface area contributed by atoms with E-state index in [0.717, 1.165) is 83.0 Å². The van der Waals surface area contributed by atoms with Crippen LogP contribution in [0.4, 0.5) is 0 Å². The second-order valence-electron chi connectivity index (χ2n) is 13.9. The fourth-order valence-electron chi connectivity index (χ4n) is 8.54. The largest absolute Gasteiger partial charge is 0.309 e.